The average Bonchev–Trinajstić information content (AvgIpc) is 2.55. The van der Waals surface area contributed by atoms with Crippen molar-refractivity contribution in [2.75, 3.05) is 26.0 Å². The molecule has 1 N–H and O–H groups in total. The summed E-state index contributed by atoms with van der Waals surface area (Å²) in [5.41, 5.74) is 0.731. The molecule has 0 fully saturated rings. The highest BCUT2D eigenvalue weighted by Crippen LogP contribution is 2.34. The third-order valence-corrected chi connectivity index (χ3v) is 4.22. The Morgan fingerprint density at radius 2 is 1.68 bits per heavy atom. The first-order valence-corrected chi connectivity index (χ1v) is 8.29. The third kappa shape index (κ3) is 4.78. The number of methoxy groups -OCH3 is 1. The standard InChI is InChI=1S/C17H15Cl3N2O3/c1-22(9-15(23)21-14-6-4-3-5-11(14)18)17(24)10-7-12(19)16(25-2)13(20)8-10/h3-8H,9H2,1-2H3,(H,21,23). The van der Waals surface area contributed by atoms with Crippen molar-refractivity contribution in [3.8, 4) is 5.75 Å². The predicted molar refractivity (Wildman–Crippen MR) is 100 cm³/mol. The Hall–Kier alpha value is -1.95. The highest BCUT2D eigenvalue weighted by Gasteiger charge is 2.19. The summed E-state index contributed by atoms with van der Waals surface area (Å²) in [5.74, 6) is -0.491. The molecule has 0 saturated carbocycles. The van der Waals surface area contributed by atoms with Crippen LogP contribution in [-0.4, -0.2) is 37.4 Å². The van der Waals surface area contributed by atoms with Gasteiger partial charge in [-0.05, 0) is 24.3 Å². The molecule has 0 bridgehead atoms. The van der Waals surface area contributed by atoms with Crippen LogP contribution in [-0.2, 0) is 4.79 Å². The van der Waals surface area contributed by atoms with Crippen LogP contribution in [0, 0.1) is 0 Å². The molecule has 25 heavy (non-hydrogen) atoms. The second kappa shape index (κ2) is 8.43. The summed E-state index contributed by atoms with van der Waals surface area (Å²) in [7, 11) is 2.93. The van der Waals surface area contributed by atoms with Gasteiger partial charge in [0, 0.05) is 12.6 Å². The van der Waals surface area contributed by atoms with Crippen LogP contribution in [0.1, 0.15) is 10.4 Å². The number of carbonyl (C=O) groups is 2. The molecule has 0 aliphatic heterocycles. The number of hydrogen-bond donors (Lipinski definition) is 1. The molecule has 0 aromatic heterocycles. The smallest absolute Gasteiger partial charge is 0.254 e. The molecule has 8 heteroatoms. The van der Waals surface area contributed by atoms with Gasteiger partial charge in [-0.15, -0.1) is 0 Å². The van der Waals surface area contributed by atoms with Crippen LogP contribution in [0.4, 0.5) is 5.69 Å². The molecule has 0 aliphatic carbocycles. The van der Waals surface area contributed by atoms with Gasteiger partial charge in [-0.1, -0.05) is 46.9 Å². The van der Waals surface area contributed by atoms with E-state index in [4.69, 9.17) is 39.5 Å². The monoisotopic (exact) mass is 400 g/mol. The van der Waals surface area contributed by atoms with E-state index in [0.717, 1.165) is 0 Å². The molecule has 2 amide bonds. The van der Waals surface area contributed by atoms with Crippen LogP contribution >= 0.6 is 34.8 Å². The van der Waals surface area contributed by atoms with Crippen LogP contribution in [0.5, 0.6) is 5.75 Å². The van der Waals surface area contributed by atoms with Crippen molar-refractivity contribution in [1.82, 2.24) is 4.90 Å². The average molecular weight is 402 g/mol. The molecule has 0 radical (unpaired) electrons. The molecule has 0 saturated heterocycles. The van der Waals surface area contributed by atoms with Crippen LogP contribution in [0.2, 0.25) is 15.1 Å². The number of nitrogens with one attached hydrogen (secondary N) is 1. The molecule has 5 nitrogen and oxygen atoms in total. The second-order valence-electron chi connectivity index (χ2n) is 5.16. The van der Waals surface area contributed by atoms with Gasteiger partial charge < -0.3 is 15.0 Å². The Bertz CT molecular complexity index is 788. The van der Waals surface area contributed by atoms with E-state index in [1.807, 2.05) is 0 Å². The van der Waals surface area contributed by atoms with Crippen LogP contribution in [0.3, 0.4) is 0 Å². The lowest BCUT2D eigenvalue weighted by atomic mass is 10.2. The lowest BCUT2D eigenvalue weighted by molar-refractivity contribution is -0.116. The second-order valence-corrected chi connectivity index (χ2v) is 6.38. The van der Waals surface area contributed by atoms with E-state index >= 15 is 0 Å². The number of para-hydroxylation sites is 1. The fourth-order valence-corrected chi connectivity index (χ4v) is 2.96. The number of halogens is 3. The predicted octanol–water partition coefficient (Wildman–Crippen LogP) is 4.37. The van der Waals surface area contributed by atoms with E-state index in [9.17, 15) is 9.59 Å². The van der Waals surface area contributed by atoms with Gasteiger partial charge in [0.2, 0.25) is 5.91 Å². The normalized spacial score (nSPS) is 10.3. The number of benzene rings is 2. The number of anilines is 1. The highest BCUT2D eigenvalue weighted by molar-refractivity contribution is 6.37. The number of nitrogens with zero attached hydrogens (tertiary/aromatic N) is 1. The molecular formula is C17H15Cl3N2O3. The quantitative estimate of drug-likeness (QED) is 0.809. The van der Waals surface area contributed by atoms with Crippen molar-refractivity contribution in [1.29, 1.82) is 0 Å². The fourth-order valence-electron chi connectivity index (χ4n) is 2.14. The van der Waals surface area contributed by atoms with Gasteiger partial charge in [0.1, 0.15) is 0 Å². The summed E-state index contributed by atoms with van der Waals surface area (Å²) in [4.78, 5) is 25.8. The Kier molecular flexibility index (Phi) is 6.53. The highest BCUT2D eigenvalue weighted by atomic mass is 35.5. The summed E-state index contributed by atoms with van der Waals surface area (Å²) in [6.07, 6.45) is 0. The minimum Gasteiger partial charge on any atom is -0.494 e. The fraction of sp³-hybridized carbons (Fsp3) is 0.176. The zero-order chi connectivity index (χ0) is 18.6. The number of hydrogen-bond acceptors (Lipinski definition) is 3. The van der Waals surface area contributed by atoms with Gasteiger partial charge in [0.15, 0.2) is 5.75 Å². The molecule has 0 spiro atoms. The summed E-state index contributed by atoms with van der Waals surface area (Å²) >= 11 is 18.1. The molecule has 0 aliphatic rings. The van der Waals surface area contributed by atoms with Crippen molar-refractivity contribution in [2.45, 2.75) is 0 Å². The van der Waals surface area contributed by atoms with Crippen molar-refractivity contribution < 1.29 is 14.3 Å². The van der Waals surface area contributed by atoms with Crippen molar-refractivity contribution in [2.24, 2.45) is 0 Å². The van der Waals surface area contributed by atoms with E-state index in [0.29, 0.717) is 16.5 Å². The summed E-state index contributed by atoms with van der Waals surface area (Å²) in [6.45, 7) is -0.161. The SMILES string of the molecule is COc1c(Cl)cc(C(=O)N(C)CC(=O)Nc2ccccc2Cl)cc1Cl. The number of carbonyl (C=O) groups excluding carboxylic acids is 2. The molecule has 0 atom stereocenters. The van der Waals surface area contributed by atoms with Gasteiger partial charge in [-0.25, -0.2) is 0 Å². The Labute approximate surface area is 160 Å². The lowest BCUT2D eigenvalue weighted by Crippen LogP contribution is -2.35. The van der Waals surface area contributed by atoms with E-state index in [2.05, 4.69) is 5.32 Å². The first kappa shape index (κ1) is 19.4. The number of rotatable bonds is 5. The molecule has 0 unspecified atom stereocenters. The van der Waals surface area contributed by atoms with Gasteiger partial charge in [-0.3, -0.25) is 9.59 Å². The molecule has 2 aromatic carbocycles. The van der Waals surface area contributed by atoms with Crippen LogP contribution in [0.25, 0.3) is 0 Å². The lowest BCUT2D eigenvalue weighted by Gasteiger charge is -2.18. The number of amides is 2. The molecular weight excluding hydrogens is 387 g/mol. The Morgan fingerprint density at radius 1 is 1.08 bits per heavy atom. The summed E-state index contributed by atoms with van der Waals surface area (Å²) in [5, 5.41) is 3.50. The Morgan fingerprint density at radius 3 is 2.24 bits per heavy atom. The topological polar surface area (TPSA) is 58.6 Å². The molecule has 132 valence electrons. The van der Waals surface area contributed by atoms with Crippen molar-refractivity contribution in [3.05, 3.63) is 57.0 Å². The van der Waals surface area contributed by atoms with Gasteiger partial charge in [0.05, 0.1) is 34.4 Å². The van der Waals surface area contributed by atoms with Crippen molar-refractivity contribution in [3.63, 3.8) is 0 Å². The third-order valence-electron chi connectivity index (χ3n) is 3.32. The first-order valence-electron chi connectivity index (χ1n) is 7.16. The van der Waals surface area contributed by atoms with Gasteiger partial charge >= 0.3 is 0 Å². The van der Waals surface area contributed by atoms with E-state index < -0.39 is 5.91 Å². The zero-order valence-corrected chi connectivity index (χ0v) is 15.7. The van der Waals surface area contributed by atoms with Gasteiger partial charge in [-0.2, -0.15) is 0 Å². The number of ether oxygens (including phenoxy) is 1. The maximum absolute atomic E-state index is 12.5. The maximum Gasteiger partial charge on any atom is 0.254 e. The maximum atomic E-state index is 12.5. The minimum absolute atomic E-state index is 0.161. The Balaban J connectivity index is 2.07. The largest absolute Gasteiger partial charge is 0.494 e. The van der Waals surface area contributed by atoms with Crippen LogP contribution in [0.15, 0.2) is 36.4 Å². The summed E-state index contributed by atoms with van der Waals surface area (Å²) in [6, 6.07) is 9.72. The molecule has 2 rings (SSSR count). The van der Waals surface area contributed by atoms with Crippen LogP contribution < -0.4 is 10.1 Å². The molecule has 2 aromatic rings. The zero-order valence-electron chi connectivity index (χ0n) is 13.5. The minimum atomic E-state index is -0.402. The van der Waals surface area contributed by atoms with E-state index in [1.165, 1.54) is 31.2 Å². The van der Waals surface area contributed by atoms with E-state index in [1.54, 1.807) is 24.3 Å². The summed E-state index contributed by atoms with van der Waals surface area (Å²) < 4.78 is 5.05. The van der Waals surface area contributed by atoms with Gasteiger partial charge in [0.25, 0.3) is 5.91 Å². The first-order chi connectivity index (χ1) is 11.8. The molecule has 0 heterocycles. The van der Waals surface area contributed by atoms with E-state index in [-0.39, 0.29) is 28.1 Å². The number of likely N-dealkylation sites (N-methyl/N-ethyl adjacent to an activating group) is 1. The van der Waals surface area contributed by atoms with Crippen molar-refractivity contribution >= 4 is 52.3 Å².